The highest BCUT2D eigenvalue weighted by atomic mass is 16.5. The first kappa shape index (κ1) is 21.4. The van der Waals surface area contributed by atoms with Gasteiger partial charge in [-0.1, -0.05) is 42.5 Å². The van der Waals surface area contributed by atoms with Gasteiger partial charge in [-0.05, 0) is 49.4 Å². The SMILES string of the molecule is COc1ccc(C[C@H](N)C(=O)N[C@H](C)C(=O)NCCCc2ccccc2)cc1. The molecule has 2 rings (SSSR count). The first-order valence-electron chi connectivity index (χ1n) is 9.50. The van der Waals surface area contributed by atoms with E-state index in [0.717, 1.165) is 24.2 Å². The number of carbonyl (C=O) groups excluding carboxylic acids is 2. The van der Waals surface area contributed by atoms with Gasteiger partial charge in [-0.3, -0.25) is 9.59 Å². The van der Waals surface area contributed by atoms with Crippen molar-refractivity contribution in [3.05, 3.63) is 65.7 Å². The summed E-state index contributed by atoms with van der Waals surface area (Å²) in [6.45, 7) is 2.22. The Labute approximate surface area is 166 Å². The van der Waals surface area contributed by atoms with Crippen LogP contribution in [-0.2, 0) is 22.4 Å². The number of hydrogen-bond acceptors (Lipinski definition) is 4. The summed E-state index contributed by atoms with van der Waals surface area (Å²) in [6, 6.07) is 16.1. The molecule has 0 saturated heterocycles. The number of nitrogens with two attached hydrogens (primary N) is 1. The predicted octanol–water partition coefficient (Wildman–Crippen LogP) is 1.82. The van der Waals surface area contributed by atoms with Crippen molar-refractivity contribution in [1.29, 1.82) is 0 Å². The van der Waals surface area contributed by atoms with Crippen LogP contribution in [0.25, 0.3) is 0 Å². The van der Waals surface area contributed by atoms with Crippen LogP contribution in [0.1, 0.15) is 24.5 Å². The number of nitrogens with one attached hydrogen (secondary N) is 2. The largest absolute Gasteiger partial charge is 0.497 e. The summed E-state index contributed by atoms with van der Waals surface area (Å²) < 4.78 is 5.11. The van der Waals surface area contributed by atoms with Crippen LogP contribution in [-0.4, -0.2) is 37.6 Å². The molecule has 2 amide bonds. The van der Waals surface area contributed by atoms with Crippen LogP contribution in [0.2, 0.25) is 0 Å². The summed E-state index contributed by atoms with van der Waals surface area (Å²) in [4.78, 5) is 24.4. The number of amides is 2. The molecule has 28 heavy (non-hydrogen) atoms. The van der Waals surface area contributed by atoms with E-state index in [0.29, 0.717) is 13.0 Å². The molecule has 2 aromatic carbocycles. The molecule has 150 valence electrons. The molecule has 0 aromatic heterocycles. The highest BCUT2D eigenvalue weighted by Gasteiger charge is 2.20. The molecule has 0 aliphatic heterocycles. The number of aryl methyl sites for hydroxylation is 1. The van der Waals surface area contributed by atoms with Gasteiger partial charge in [0.2, 0.25) is 11.8 Å². The van der Waals surface area contributed by atoms with Gasteiger partial charge in [-0.25, -0.2) is 0 Å². The Bertz CT molecular complexity index is 747. The van der Waals surface area contributed by atoms with E-state index in [1.165, 1.54) is 5.56 Å². The van der Waals surface area contributed by atoms with E-state index in [1.807, 2.05) is 42.5 Å². The van der Waals surface area contributed by atoms with E-state index in [9.17, 15) is 9.59 Å². The molecule has 6 heteroatoms. The molecule has 2 aromatic rings. The van der Waals surface area contributed by atoms with Crippen molar-refractivity contribution in [2.45, 2.75) is 38.3 Å². The first-order chi connectivity index (χ1) is 13.5. The predicted molar refractivity (Wildman–Crippen MR) is 110 cm³/mol. The fraction of sp³-hybridized carbons (Fsp3) is 0.364. The Morgan fingerprint density at radius 1 is 1.00 bits per heavy atom. The molecular formula is C22H29N3O3. The maximum Gasteiger partial charge on any atom is 0.242 e. The molecule has 0 heterocycles. The second kappa shape index (κ2) is 11.1. The van der Waals surface area contributed by atoms with Gasteiger partial charge < -0.3 is 21.1 Å². The number of methoxy groups -OCH3 is 1. The van der Waals surface area contributed by atoms with Crippen LogP contribution < -0.4 is 21.1 Å². The highest BCUT2D eigenvalue weighted by Crippen LogP contribution is 2.12. The van der Waals surface area contributed by atoms with Gasteiger partial charge in [-0.2, -0.15) is 0 Å². The quantitative estimate of drug-likeness (QED) is 0.546. The lowest BCUT2D eigenvalue weighted by atomic mass is 10.1. The van der Waals surface area contributed by atoms with Gasteiger partial charge >= 0.3 is 0 Å². The van der Waals surface area contributed by atoms with E-state index in [4.69, 9.17) is 10.5 Å². The van der Waals surface area contributed by atoms with Gasteiger partial charge in [0.1, 0.15) is 11.8 Å². The first-order valence-corrected chi connectivity index (χ1v) is 9.50. The van der Waals surface area contributed by atoms with E-state index >= 15 is 0 Å². The summed E-state index contributed by atoms with van der Waals surface area (Å²) in [6.07, 6.45) is 2.13. The molecular weight excluding hydrogens is 354 g/mol. The van der Waals surface area contributed by atoms with E-state index in [2.05, 4.69) is 22.8 Å². The molecule has 6 nitrogen and oxygen atoms in total. The summed E-state index contributed by atoms with van der Waals surface area (Å²) in [5.41, 5.74) is 8.15. The maximum atomic E-state index is 12.3. The minimum atomic E-state index is -0.721. The van der Waals surface area contributed by atoms with E-state index < -0.39 is 12.1 Å². The molecule has 0 unspecified atom stereocenters. The lowest BCUT2D eigenvalue weighted by Gasteiger charge is -2.17. The van der Waals surface area contributed by atoms with Crippen molar-refractivity contribution in [2.24, 2.45) is 5.73 Å². The van der Waals surface area contributed by atoms with E-state index in [-0.39, 0.29) is 11.8 Å². The minimum Gasteiger partial charge on any atom is -0.497 e. The molecule has 0 bridgehead atoms. The Hall–Kier alpha value is -2.86. The van der Waals surface area contributed by atoms with Crippen LogP contribution in [0.4, 0.5) is 0 Å². The molecule has 0 aliphatic carbocycles. The topological polar surface area (TPSA) is 93.4 Å². The number of rotatable bonds is 10. The fourth-order valence-electron chi connectivity index (χ4n) is 2.80. The number of benzene rings is 2. The van der Waals surface area contributed by atoms with Crippen molar-refractivity contribution >= 4 is 11.8 Å². The second-order valence-electron chi connectivity index (χ2n) is 6.77. The van der Waals surface area contributed by atoms with Crippen LogP contribution in [0.3, 0.4) is 0 Å². The standard InChI is InChI=1S/C22H29N3O3/c1-16(21(26)24-14-6-9-17-7-4-3-5-8-17)25-22(27)20(23)15-18-10-12-19(28-2)13-11-18/h3-5,7-8,10-13,16,20H,6,9,14-15,23H2,1-2H3,(H,24,26)(H,25,27)/t16-,20+/m1/s1. The normalized spacial score (nSPS) is 12.7. The zero-order chi connectivity index (χ0) is 20.4. The molecule has 0 radical (unpaired) electrons. The maximum absolute atomic E-state index is 12.3. The van der Waals surface area contributed by atoms with E-state index in [1.54, 1.807) is 14.0 Å². The number of carbonyl (C=O) groups is 2. The monoisotopic (exact) mass is 383 g/mol. The van der Waals surface area contributed by atoms with Gasteiger partial charge in [0.25, 0.3) is 0 Å². The third-order valence-electron chi connectivity index (χ3n) is 4.49. The Kier molecular flexibility index (Phi) is 8.49. The van der Waals surface area contributed by atoms with Crippen molar-refractivity contribution in [2.75, 3.05) is 13.7 Å². The minimum absolute atomic E-state index is 0.210. The summed E-state index contributed by atoms with van der Waals surface area (Å²) in [5, 5.41) is 5.53. The smallest absolute Gasteiger partial charge is 0.242 e. The van der Waals surface area contributed by atoms with Crippen molar-refractivity contribution in [3.63, 3.8) is 0 Å². The molecule has 2 atom stereocenters. The molecule has 0 saturated carbocycles. The third-order valence-corrected chi connectivity index (χ3v) is 4.49. The molecule has 0 spiro atoms. The molecule has 0 aliphatic rings. The number of hydrogen-bond donors (Lipinski definition) is 3. The lowest BCUT2D eigenvalue weighted by Crippen LogP contribution is -2.51. The van der Waals surface area contributed by atoms with Gasteiger partial charge in [0.15, 0.2) is 0 Å². The van der Waals surface area contributed by atoms with Crippen LogP contribution in [0.15, 0.2) is 54.6 Å². The van der Waals surface area contributed by atoms with Crippen LogP contribution in [0.5, 0.6) is 5.75 Å². The third kappa shape index (κ3) is 7.04. The van der Waals surface area contributed by atoms with Crippen molar-refractivity contribution in [1.82, 2.24) is 10.6 Å². The summed E-state index contributed by atoms with van der Waals surface area (Å²) >= 11 is 0. The van der Waals surface area contributed by atoms with Crippen LogP contribution in [0, 0.1) is 0 Å². The summed E-state index contributed by atoms with van der Waals surface area (Å²) in [5.74, 6) is 0.195. The van der Waals surface area contributed by atoms with Crippen molar-refractivity contribution in [3.8, 4) is 5.75 Å². The van der Waals surface area contributed by atoms with Gasteiger partial charge in [-0.15, -0.1) is 0 Å². The lowest BCUT2D eigenvalue weighted by molar-refractivity contribution is -0.129. The zero-order valence-electron chi connectivity index (χ0n) is 16.5. The average Bonchev–Trinajstić information content (AvgIpc) is 2.72. The Morgan fingerprint density at radius 2 is 1.68 bits per heavy atom. The second-order valence-corrected chi connectivity index (χ2v) is 6.77. The van der Waals surface area contributed by atoms with Crippen molar-refractivity contribution < 1.29 is 14.3 Å². The highest BCUT2D eigenvalue weighted by molar-refractivity contribution is 5.89. The Balaban J connectivity index is 1.70. The summed E-state index contributed by atoms with van der Waals surface area (Å²) in [7, 11) is 1.60. The molecule has 0 fully saturated rings. The van der Waals surface area contributed by atoms with Crippen LogP contribution >= 0.6 is 0 Å². The molecule has 4 N–H and O–H groups in total. The average molecular weight is 383 g/mol. The van der Waals surface area contributed by atoms with Gasteiger partial charge in [0.05, 0.1) is 13.2 Å². The Morgan fingerprint density at radius 3 is 2.32 bits per heavy atom. The number of ether oxygens (including phenoxy) is 1. The fourth-order valence-corrected chi connectivity index (χ4v) is 2.80. The zero-order valence-corrected chi connectivity index (χ0v) is 16.5. The van der Waals surface area contributed by atoms with Gasteiger partial charge in [0, 0.05) is 6.54 Å².